The van der Waals surface area contributed by atoms with E-state index >= 15 is 0 Å². The molecule has 2 heterocycles. The van der Waals surface area contributed by atoms with Gasteiger partial charge in [-0.15, -0.1) is 48.0 Å². The molecule has 0 unspecified atom stereocenters. The Kier molecular flexibility index (Phi) is 6.83. The van der Waals surface area contributed by atoms with Crippen molar-refractivity contribution in [3.05, 3.63) is 120 Å². The number of halogens is 2. The molecular formula is C28H16F2IrN2-2. The van der Waals surface area contributed by atoms with Gasteiger partial charge < -0.3 is 4.98 Å². The van der Waals surface area contributed by atoms with Crippen LogP contribution in [0.1, 0.15) is 11.1 Å². The Labute approximate surface area is 204 Å². The maximum Gasteiger partial charge on any atom is 0.0607 e. The molecule has 1 aliphatic rings. The van der Waals surface area contributed by atoms with Gasteiger partial charge in [-0.2, -0.15) is 0 Å². The molecular weight excluding hydrogens is 595 g/mol. The molecule has 163 valence electrons. The van der Waals surface area contributed by atoms with Crippen LogP contribution in [0.2, 0.25) is 0 Å². The fourth-order valence-electron chi connectivity index (χ4n) is 3.64. The minimum atomic E-state index is -0.649. The summed E-state index contributed by atoms with van der Waals surface area (Å²) in [4.78, 5) is 8.68. The number of aromatic nitrogens is 2. The molecule has 0 fully saturated rings. The van der Waals surface area contributed by atoms with Gasteiger partial charge in [0.05, 0.1) is 5.52 Å². The van der Waals surface area contributed by atoms with Gasteiger partial charge in [0.2, 0.25) is 0 Å². The van der Waals surface area contributed by atoms with Crippen LogP contribution in [0.25, 0.3) is 45.6 Å². The van der Waals surface area contributed by atoms with Crippen molar-refractivity contribution < 1.29 is 28.9 Å². The van der Waals surface area contributed by atoms with Gasteiger partial charge in [-0.05, 0) is 34.6 Å². The standard InChI is InChI=1S/C17H10N.C11H6F2N.Ir/c1-2-5-12(6-3-1)16-11-14-10-9-13-7-4-8-15(18-16)17(13)14;12-8-4-5-9(10(13)7-8)11-3-1-2-6-14-11;/h1-5,7-11H;1-4,6-7H;/q2*-1;. The van der Waals surface area contributed by atoms with Crippen LogP contribution in [0.5, 0.6) is 0 Å². The molecule has 0 N–H and O–H groups in total. The van der Waals surface area contributed by atoms with Gasteiger partial charge in [0.25, 0.3) is 0 Å². The molecule has 0 aliphatic heterocycles. The molecule has 2 nitrogen and oxygen atoms in total. The average Bonchev–Trinajstić information content (AvgIpc) is 3.25. The van der Waals surface area contributed by atoms with Crippen molar-refractivity contribution in [2.24, 2.45) is 0 Å². The monoisotopic (exact) mass is 611 g/mol. The van der Waals surface area contributed by atoms with Crippen molar-refractivity contribution in [1.82, 2.24) is 9.97 Å². The predicted molar refractivity (Wildman–Crippen MR) is 123 cm³/mol. The number of hydrogen-bond acceptors (Lipinski definition) is 2. The summed E-state index contributed by atoms with van der Waals surface area (Å²) in [5.74, 6) is -1.29. The second-order valence-electron chi connectivity index (χ2n) is 7.20. The summed E-state index contributed by atoms with van der Waals surface area (Å²) >= 11 is 0. The molecule has 1 radical (unpaired) electrons. The first-order valence-corrected chi connectivity index (χ1v) is 10.1. The minimum Gasteiger partial charge on any atom is -0.305 e. The molecule has 0 saturated heterocycles. The van der Waals surface area contributed by atoms with Crippen LogP contribution >= 0.6 is 0 Å². The van der Waals surface area contributed by atoms with Crippen LogP contribution in [0, 0.1) is 23.8 Å². The number of benzene rings is 3. The van der Waals surface area contributed by atoms with E-state index in [1.807, 2.05) is 24.3 Å². The maximum absolute atomic E-state index is 13.2. The third-order valence-electron chi connectivity index (χ3n) is 5.10. The van der Waals surface area contributed by atoms with E-state index in [1.54, 1.807) is 24.4 Å². The smallest absolute Gasteiger partial charge is 0.0607 e. The van der Waals surface area contributed by atoms with E-state index in [4.69, 9.17) is 4.98 Å². The summed E-state index contributed by atoms with van der Waals surface area (Å²) in [6, 6.07) is 29.1. The molecule has 33 heavy (non-hydrogen) atoms. The zero-order valence-corrected chi connectivity index (χ0v) is 19.6. The van der Waals surface area contributed by atoms with E-state index in [2.05, 4.69) is 53.5 Å². The maximum atomic E-state index is 13.2. The molecule has 0 saturated carbocycles. The summed E-state index contributed by atoms with van der Waals surface area (Å²) in [7, 11) is 0. The van der Waals surface area contributed by atoms with Gasteiger partial charge in [-0.3, -0.25) is 13.8 Å². The second kappa shape index (κ2) is 9.95. The summed E-state index contributed by atoms with van der Waals surface area (Å²) in [6.07, 6.45) is 5.86. The Hall–Kier alpha value is -3.53. The molecule has 3 aromatic carbocycles. The molecule has 6 rings (SSSR count). The summed E-state index contributed by atoms with van der Waals surface area (Å²) in [5.41, 5.74) is 6.24. The van der Waals surface area contributed by atoms with Crippen LogP contribution in [0.3, 0.4) is 0 Å². The molecule has 0 atom stereocenters. The van der Waals surface area contributed by atoms with Crippen molar-refractivity contribution >= 4 is 23.1 Å². The fraction of sp³-hybridized carbons (Fsp3) is 0. The largest absolute Gasteiger partial charge is 0.305 e. The van der Waals surface area contributed by atoms with Crippen LogP contribution in [-0.2, 0) is 20.1 Å². The Morgan fingerprint density at radius 3 is 2.36 bits per heavy atom. The molecule has 5 heteroatoms. The van der Waals surface area contributed by atoms with E-state index in [0.29, 0.717) is 5.69 Å². The van der Waals surface area contributed by atoms with Crippen molar-refractivity contribution in [3.63, 3.8) is 0 Å². The number of hydrogen-bond donors (Lipinski definition) is 0. The van der Waals surface area contributed by atoms with Crippen LogP contribution in [0.4, 0.5) is 8.78 Å². The quantitative estimate of drug-likeness (QED) is 0.197. The van der Waals surface area contributed by atoms with E-state index in [0.717, 1.165) is 28.9 Å². The number of pyridine rings is 2. The average molecular weight is 611 g/mol. The van der Waals surface area contributed by atoms with Gasteiger partial charge in [0.1, 0.15) is 0 Å². The molecule has 0 bridgehead atoms. The minimum absolute atomic E-state index is 0. The van der Waals surface area contributed by atoms with E-state index in [1.165, 1.54) is 16.5 Å². The second-order valence-corrected chi connectivity index (χ2v) is 7.20. The third kappa shape index (κ3) is 4.80. The first-order valence-electron chi connectivity index (χ1n) is 10.1. The molecule has 1 aliphatic carbocycles. The van der Waals surface area contributed by atoms with Gasteiger partial charge in [-0.25, -0.2) is 0 Å². The van der Waals surface area contributed by atoms with E-state index in [9.17, 15) is 8.78 Å². The first-order chi connectivity index (χ1) is 15.7. The Morgan fingerprint density at radius 1 is 0.758 bits per heavy atom. The van der Waals surface area contributed by atoms with Crippen molar-refractivity contribution in [2.45, 2.75) is 0 Å². The van der Waals surface area contributed by atoms with Crippen molar-refractivity contribution in [1.29, 1.82) is 0 Å². The molecule has 5 aromatic rings. The molecule has 0 amide bonds. The first kappa shape index (κ1) is 22.7. The van der Waals surface area contributed by atoms with Crippen molar-refractivity contribution in [3.8, 4) is 22.5 Å². The van der Waals surface area contributed by atoms with Crippen molar-refractivity contribution in [2.75, 3.05) is 0 Å². The van der Waals surface area contributed by atoms with Gasteiger partial charge in [-0.1, -0.05) is 54.1 Å². The van der Waals surface area contributed by atoms with Crippen LogP contribution in [-0.4, -0.2) is 9.97 Å². The van der Waals surface area contributed by atoms with E-state index in [-0.39, 0.29) is 25.7 Å². The molecule has 0 spiro atoms. The van der Waals surface area contributed by atoms with E-state index < -0.39 is 11.6 Å². The van der Waals surface area contributed by atoms with Gasteiger partial charge in [0, 0.05) is 43.3 Å². The summed E-state index contributed by atoms with van der Waals surface area (Å²) in [6.45, 7) is 0. The zero-order valence-electron chi connectivity index (χ0n) is 17.2. The normalized spacial score (nSPS) is 11.0. The number of rotatable bonds is 2. The Balaban J connectivity index is 0.000000158. The van der Waals surface area contributed by atoms with Crippen LogP contribution in [0.15, 0.2) is 85.1 Å². The Bertz CT molecular complexity index is 1440. The Morgan fingerprint density at radius 2 is 1.61 bits per heavy atom. The number of nitrogens with zero attached hydrogens (tertiary/aromatic N) is 2. The SMILES string of the molecule is Fc1c[c-]c(-c2ccccn2)c(F)c1.[Ir].[c-]1ccccc1-c1cc2c3c(cccc3n1)C=C2. The summed E-state index contributed by atoms with van der Waals surface area (Å²) in [5, 5.41) is 1.26. The van der Waals surface area contributed by atoms with Gasteiger partial charge in [0.15, 0.2) is 0 Å². The molecule has 2 aromatic heterocycles. The fourth-order valence-corrected chi connectivity index (χ4v) is 3.64. The summed E-state index contributed by atoms with van der Waals surface area (Å²) < 4.78 is 25.8. The predicted octanol–water partition coefficient (Wildman–Crippen LogP) is 7.01. The zero-order chi connectivity index (χ0) is 21.9. The van der Waals surface area contributed by atoms with Crippen LogP contribution < -0.4 is 0 Å². The third-order valence-corrected chi connectivity index (χ3v) is 5.10. The van der Waals surface area contributed by atoms with Gasteiger partial charge >= 0.3 is 0 Å². The topological polar surface area (TPSA) is 25.8 Å².